The molecule has 0 bridgehead atoms. The van der Waals surface area contributed by atoms with E-state index in [1.165, 1.54) is 0 Å². The molecule has 1 aromatic rings. The average molecular weight is 267 g/mol. The van der Waals surface area contributed by atoms with E-state index in [0.717, 1.165) is 38.2 Å². The molecule has 0 radical (unpaired) electrons. The molecule has 0 atom stereocenters. The molecule has 0 spiro atoms. The van der Waals surface area contributed by atoms with E-state index in [2.05, 4.69) is 23.8 Å². The number of rotatable bonds is 4. The van der Waals surface area contributed by atoms with Crippen molar-refractivity contribution >= 4 is 0 Å². The minimum Gasteiger partial charge on any atom is -0.493 e. The summed E-state index contributed by atoms with van der Waals surface area (Å²) in [5.74, 6) is 1.35. The molecule has 0 amide bonds. The molecule has 1 aliphatic heterocycles. The molecule has 5 heteroatoms. The summed E-state index contributed by atoms with van der Waals surface area (Å²) in [6.45, 7) is 7.39. The second-order valence-electron chi connectivity index (χ2n) is 5.91. The number of piperidine rings is 1. The van der Waals surface area contributed by atoms with Crippen molar-refractivity contribution in [3.8, 4) is 5.75 Å². The lowest BCUT2D eigenvalue weighted by molar-refractivity contribution is -0.0354. The van der Waals surface area contributed by atoms with Gasteiger partial charge in [0.25, 0.3) is 0 Å². The summed E-state index contributed by atoms with van der Waals surface area (Å²) >= 11 is 0. The van der Waals surface area contributed by atoms with Crippen LogP contribution in [-0.4, -0.2) is 46.5 Å². The zero-order valence-corrected chi connectivity index (χ0v) is 12.4. The highest BCUT2D eigenvalue weighted by atomic mass is 16.5. The van der Waals surface area contributed by atoms with Gasteiger partial charge in [-0.1, -0.05) is 13.8 Å². The van der Waals surface area contributed by atoms with Gasteiger partial charge in [-0.2, -0.15) is 5.10 Å². The summed E-state index contributed by atoms with van der Waals surface area (Å²) < 4.78 is 7.05. The first-order valence-corrected chi connectivity index (χ1v) is 6.97. The maximum absolute atomic E-state index is 10.9. The van der Waals surface area contributed by atoms with Gasteiger partial charge in [-0.25, -0.2) is 0 Å². The molecule has 1 fully saturated rings. The summed E-state index contributed by atoms with van der Waals surface area (Å²) in [5, 5.41) is 15.1. The third kappa shape index (κ3) is 2.92. The fourth-order valence-electron chi connectivity index (χ4n) is 2.96. The van der Waals surface area contributed by atoms with Crippen molar-refractivity contribution in [1.29, 1.82) is 0 Å². The van der Waals surface area contributed by atoms with Gasteiger partial charge >= 0.3 is 0 Å². The Bertz CT molecular complexity index is 420. The monoisotopic (exact) mass is 267 g/mol. The lowest BCUT2D eigenvalue weighted by Crippen LogP contribution is -2.44. The van der Waals surface area contributed by atoms with Crippen LogP contribution < -0.4 is 4.74 Å². The van der Waals surface area contributed by atoms with Crippen LogP contribution in [0.25, 0.3) is 0 Å². The molecule has 1 aliphatic rings. The van der Waals surface area contributed by atoms with Gasteiger partial charge in [0.1, 0.15) is 11.3 Å². The van der Waals surface area contributed by atoms with E-state index < -0.39 is 5.60 Å². The van der Waals surface area contributed by atoms with Gasteiger partial charge in [0.05, 0.1) is 13.3 Å². The Labute approximate surface area is 115 Å². The maximum Gasteiger partial charge on any atom is 0.162 e. The molecule has 1 saturated heterocycles. The van der Waals surface area contributed by atoms with Crippen LogP contribution in [0.1, 0.15) is 32.4 Å². The van der Waals surface area contributed by atoms with E-state index in [4.69, 9.17) is 4.74 Å². The third-order valence-electron chi connectivity index (χ3n) is 3.87. The number of ether oxygens (including phenoxy) is 1. The molecule has 0 aliphatic carbocycles. The van der Waals surface area contributed by atoms with Gasteiger partial charge in [0.2, 0.25) is 0 Å². The quantitative estimate of drug-likeness (QED) is 0.895. The SMILES string of the molecule is COc1cnn(C)c1C1(O)CCN(CC(C)C)CC1. The zero-order chi connectivity index (χ0) is 14.0. The predicted molar refractivity (Wildman–Crippen MR) is 74.2 cm³/mol. The Hall–Kier alpha value is -1.07. The molecule has 1 aromatic heterocycles. The van der Waals surface area contributed by atoms with Crippen molar-refractivity contribution in [3.63, 3.8) is 0 Å². The zero-order valence-electron chi connectivity index (χ0n) is 12.4. The van der Waals surface area contributed by atoms with Crippen LogP contribution in [0.5, 0.6) is 5.75 Å². The van der Waals surface area contributed by atoms with Crippen molar-refractivity contribution in [2.45, 2.75) is 32.3 Å². The minimum absolute atomic E-state index is 0.664. The van der Waals surface area contributed by atoms with Crippen LogP contribution >= 0.6 is 0 Å². The molecule has 5 nitrogen and oxygen atoms in total. The Kier molecular flexibility index (Phi) is 4.16. The van der Waals surface area contributed by atoms with E-state index in [0.29, 0.717) is 11.7 Å². The van der Waals surface area contributed by atoms with E-state index in [1.807, 2.05) is 7.05 Å². The van der Waals surface area contributed by atoms with Crippen molar-refractivity contribution in [1.82, 2.24) is 14.7 Å². The lowest BCUT2D eigenvalue weighted by Gasteiger charge is -2.39. The lowest BCUT2D eigenvalue weighted by atomic mass is 9.87. The summed E-state index contributed by atoms with van der Waals surface area (Å²) in [6, 6.07) is 0. The molecule has 1 N–H and O–H groups in total. The van der Waals surface area contributed by atoms with Crippen molar-refractivity contribution < 1.29 is 9.84 Å². The molecule has 108 valence electrons. The van der Waals surface area contributed by atoms with Gasteiger partial charge in [-0.3, -0.25) is 4.68 Å². The van der Waals surface area contributed by atoms with Gasteiger partial charge < -0.3 is 14.7 Å². The summed E-state index contributed by atoms with van der Waals surface area (Å²) in [6.07, 6.45) is 3.14. The molecular weight excluding hydrogens is 242 g/mol. The summed E-state index contributed by atoms with van der Waals surface area (Å²) in [5.41, 5.74) is -0.0106. The van der Waals surface area contributed by atoms with Crippen LogP contribution in [0.2, 0.25) is 0 Å². The maximum atomic E-state index is 10.9. The van der Waals surface area contributed by atoms with E-state index in [1.54, 1.807) is 18.0 Å². The summed E-state index contributed by atoms with van der Waals surface area (Å²) in [7, 11) is 3.48. The number of methoxy groups -OCH3 is 1. The van der Waals surface area contributed by atoms with Gasteiger partial charge in [-0.15, -0.1) is 0 Å². The number of aryl methyl sites for hydroxylation is 1. The second kappa shape index (κ2) is 5.51. The van der Waals surface area contributed by atoms with E-state index >= 15 is 0 Å². The third-order valence-corrected chi connectivity index (χ3v) is 3.87. The standard InChI is InChI=1S/C14H25N3O2/c1-11(2)10-17-7-5-14(18,6-8-17)13-12(19-4)9-15-16(13)3/h9,11,18H,5-8,10H2,1-4H3. The fraction of sp³-hybridized carbons (Fsp3) is 0.786. The molecule has 2 rings (SSSR count). The first-order valence-electron chi connectivity index (χ1n) is 6.97. The second-order valence-corrected chi connectivity index (χ2v) is 5.91. The molecule has 2 heterocycles. The minimum atomic E-state index is -0.815. The highest BCUT2D eigenvalue weighted by molar-refractivity contribution is 5.31. The van der Waals surface area contributed by atoms with Gasteiger partial charge in [0, 0.05) is 26.7 Å². The highest BCUT2D eigenvalue weighted by Crippen LogP contribution is 2.37. The largest absolute Gasteiger partial charge is 0.493 e. The summed E-state index contributed by atoms with van der Waals surface area (Å²) in [4.78, 5) is 2.42. The predicted octanol–water partition coefficient (Wildman–Crippen LogP) is 1.37. The smallest absolute Gasteiger partial charge is 0.162 e. The Morgan fingerprint density at radius 2 is 2.05 bits per heavy atom. The van der Waals surface area contributed by atoms with Crippen LogP contribution in [0.4, 0.5) is 0 Å². The Balaban J connectivity index is 2.11. The average Bonchev–Trinajstić information content (AvgIpc) is 2.74. The first-order chi connectivity index (χ1) is 8.96. The van der Waals surface area contributed by atoms with Crippen molar-refractivity contribution in [3.05, 3.63) is 11.9 Å². The van der Waals surface area contributed by atoms with Crippen molar-refractivity contribution in [2.24, 2.45) is 13.0 Å². The van der Waals surface area contributed by atoms with E-state index in [9.17, 15) is 5.11 Å². The molecule has 19 heavy (non-hydrogen) atoms. The van der Waals surface area contributed by atoms with Crippen molar-refractivity contribution in [2.75, 3.05) is 26.7 Å². The fourth-order valence-corrected chi connectivity index (χ4v) is 2.96. The van der Waals surface area contributed by atoms with Crippen LogP contribution in [0.3, 0.4) is 0 Å². The number of likely N-dealkylation sites (tertiary alicyclic amines) is 1. The van der Waals surface area contributed by atoms with E-state index in [-0.39, 0.29) is 0 Å². The number of nitrogens with zero attached hydrogens (tertiary/aromatic N) is 3. The molecule has 0 saturated carbocycles. The first kappa shape index (κ1) is 14.3. The highest BCUT2D eigenvalue weighted by Gasteiger charge is 2.38. The molecule has 0 unspecified atom stereocenters. The molecular formula is C14H25N3O2. The topological polar surface area (TPSA) is 50.5 Å². The number of aliphatic hydroxyl groups is 1. The number of hydrogen-bond donors (Lipinski definition) is 1. The van der Waals surface area contributed by atoms with Crippen LogP contribution in [-0.2, 0) is 12.6 Å². The van der Waals surface area contributed by atoms with Crippen LogP contribution in [0.15, 0.2) is 6.20 Å². The Morgan fingerprint density at radius 1 is 1.42 bits per heavy atom. The number of hydrogen-bond acceptors (Lipinski definition) is 4. The van der Waals surface area contributed by atoms with Gasteiger partial charge in [-0.05, 0) is 18.8 Å². The number of aromatic nitrogens is 2. The molecule has 0 aromatic carbocycles. The normalized spacial score (nSPS) is 19.9. The van der Waals surface area contributed by atoms with Crippen LogP contribution in [0, 0.1) is 5.92 Å². The van der Waals surface area contributed by atoms with Gasteiger partial charge in [0.15, 0.2) is 5.75 Å². The Morgan fingerprint density at radius 3 is 2.58 bits per heavy atom.